The highest BCUT2D eigenvalue weighted by atomic mass is 32.2. The van der Waals surface area contributed by atoms with E-state index in [1.165, 1.54) is 6.07 Å². The van der Waals surface area contributed by atoms with Gasteiger partial charge in [0.05, 0.1) is 6.61 Å². The number of phenols is 2. The fourth-order valence-electron chi connectivity index (χ4n) is 4.49. The number of hydrogen-bond acceptors (Lipinski definition) is 6. The van der Waals surface area contributed by atoms with E-state index in [4.69, 9.17) is 5.73 Å². The van der Waals surface area contributed by atoms with Crippen molar-refractivity contribution in [2.24, 2.45) is 11.7 Å². The van der Waals surface area contributed by atoms with Gasteiger partial charge < -0.3 is 21.1 Å². The molecule has 5 N–H and O–H groups in total. The smallest absolute Gasteiger partial charge is 0.238 e. The van der Waals surface area contributed by atoms with Gasteiger partial charge in [-0.1, -0.05) is 43.6 Å². The Morgan fingerprint density at radius 2 is 1.97 bits per heavy atom. The van der Waals surface area contributed by atoms with Crippen LogP contribution in [0, 0.1) is 5.92 Å². The van der Waals surface area contributed by atoms with Crippen LogP contribution < -0.4 is 5.73 Å². The van der Waals surface area contributed by atoms with E-state index in [0.29, 0.717) is 6.42 Å². The van der Waals surface area contributed by atoms with Crippen LogP contribution in [0.4, 0.5) is 0 Å². The standard InChI is InChI=1S/C24H35NO6S/c1-5-6-7-8-16-12-19(27)21(18-11-15(4)9-10-17(18)14(2)3)22(28)23(16)32(30,31)20(13-26)24(25)29/h11-12,17-18,20,26-28H,2,5-10,13H2,1,3-4H3,(H2,25,29). The Labute approximate surface area is 190 Å². The van der Waals surface area contributed by atoms with Crippen molar-refractivity contribution in [2.45, 2.75) is 75.4 Å². The number of carbonyl (C=O) groups is 1. The Kier molecular flexibility index (Phi) is 8.54. The molecule has 32 heavy (non-hydrogen) atoms. The average molecular weight is 466 g/mol. The number of aliphatic hydroxyl groups is 1. The van der Waals surface area contributed by atoms with Crippen molar-refractivity contribution in [2.75, 3.05) is 6.61 Å². The molecule has 0 heterocycles. The van der Waals surface area contributed by atoms with Crippen LogP contribution in [0.1, 0.15) is 69.9 Å². The summed E-state index contributed by atoms with van der Waals surface area (Å²) in [4.78, 5) is 11.4. The van der Waals surface area contributed by atoms with Gasteiger partial charge in [0.1, 0.15) is 16.4 Å². The normalized spacial score (nSPS) is 19.9. The molecule has 1 aliphatic rings. The van der Waals surface area contributed by atoms with Gasteiger partial charge in [0.2, 0.25) is 5.91 Å². The van der Waals surface area contributed by atoms with E-state index in [2.05, 4.69) is 6.58 Å². The maximum absolute atomic E-state index is 13.4. The maximum Gasteiger partial charge on any atom is 0.238 e. The maximum atomic E-state index is 13.4. The number of aromatic hydroxyl groups is 2. The molecule has 0 aliphatic heterocycles. The van der Waals surface area contributed by atoms with Gasteiger partial charge in [-0.3, -0.25) is 4.79 Å². The summed E-state index contributed by atoms with van der Waals surface area (Å²) in [6.45, 7) is 8.85. The third-order valence-corrected chi connectivity index (χ3v) is 8.41. The molecule has 0 aromatic heterocycles. The number of rotatable bonds is 10. The van der Waals surface area contributed by atoms with Crippen LogP contribution >= 0.6 is 0 Å². The second kappa shape index (κ2) is 10.5. The largest absolute Gasteiger partial charge is 0.507 e. The van der Waals surface area contributed by atoms with Gasteiger partial charge >= 0.3 is 0 Å². The van der Waals surface area contributed by atoms with Gasteiger partial charge in [-0.05, 0) is 57.1 Å². The second-order valence-corrected chi connectivity index (χ2v) is 10.8. The Morgan fingerprint density at radius 3 is 2.50 bits per heavy atom. The Bertz CT molecular complexity index is 1010. The first kappa shape index (κ1) is 25.9. The van der Waals surface area contributed by atoms with E-state index in [9.17, 15) is 28.5 Å². The molecule has 1 aromatic rings. The summed E-state index contributed by atoms with van der Waals surface area (Å²) in [6.07, 6.45) is 6.14. The van der Waals surface area contributed by atoms with Gasteiger partial charge in [-0.25, -0.2) is 8.42 Å². The topological polar surface area (TPSA) is 138 Å². The minimum Gasteiger partial charge on any atom is -0.507 e. The van der Waals surface area contributed by atoms with Gasteiger partial charge in [0, 0.05) is 11.5 Å². The number of amides is 1. The lowest BCUT2D eigenvalue weighted by atomic mass is 9.73. The van der Waals surface area contributed by atoms with Gasteiger partial charge in [-0.2, -0.15) is 0 Å². The summed E-state index contributed by atoms with van der Waals surface area (Å²) in [5.41, 5.74) is 7.48. The van der Waals surface area contributed by atoms with Crippen LogP contribution in [-0.4, -0.2) is 41.5 Å². The van der Waals surface area contributed by atoms with Crippen molar-refractivity contribution in [3.05, 3.63) is 41.0 Å². The van der Waals surface area contributed by atoms with E-state index in [1.807, 2.05) is 26.8 Å². The predicted molar refractivity (Wildman–Crippen MR) is 124 cm³/mol. The highest BCUT2D eigenvalue weighted by Gasteiger charge is 2.39. The van der Waals surface area contributed by atoms with Crippen molar-refractivity contribution < 1.29 is 28.5 Å². The SMILES string of the molecule is C=C(C)C1CCC(C)=CC1c1c(O)cc(CCCCC)c(S(=O)(=O)C(CO)C(N)=O)c1O. The first-order chi connectivity index (χ1) is 15.0. The first-order valence-corrected chi connectivity index (χ1v) is 12.6. The van der Waals surface area contributed by atoms with Gasteiger partial charge in [0.25, 0.3) is 0 Å². The van der Waals surface area contributed by atoms with Crippen molar-refractivity contribution in [1.29, 1.82) is 0 Å². The number of benzene rings is 1. The van der Waals surface area contributed by atoms with Crippen LogP contribution in [0.2, 0.25) is 0 Å². The van der Waals surface area contributed by atoms with Gasteiger partial charge in [0.15, 0.2) is 15.1 Å². The van der Waals surface area contributed by atoms with Crippen molar-refractivity contribution in [1.82, 2.24) is 0 Å². The minimum atomic E-state index is -4.51. The molecule has 2 rings (SSSR count). The molecule has 0 radical (unpaired) electrons. The number of hydrogen-bond donors (Lipinski definition) is 4. The number of phenolic OH excluding ortho intramolecular Hbond substituents is 2. The third-order valence-electron chi connectivity index (χ3n) is 6.25. The average Bonchev–Trinajstić information content (AvgIpc) is 2.67. The number of unbranched alkanes of at least 4 members (excludes halogenated alkanes) is 2. The van der Waals surface area contributed by atoms with E-state index in [-0.39, 0.29) is 29.2 Å². The molecule has 178 valence electrons. The molecule has 1 aliphatic carbocycles. The summed E-state index contributed by atoms with van der Waals surface area (Å²) in [7, 11) is -4.51. The molecular weight excluding hydrogens is 430 g/mol. The summed E-state index contributed by atoms with van der Waals surface area (Å²) in [5.74, 6) is -2.55. The van der Waals surface area contributed by atoms with Crippen LogP contribution in [0.15, 0.2) is 34.8 Å². The van der Waals surface area contributed by atoms with E-state index in [0.717, 1.165) is 36.8 Å². The zero-order chi connectivity index (χ0) is 24.2. The number of aryl methyl sites for hydroxylation is 1. The molecule has 3 atom stereocenters. The number of primary amides is 1. The number of nitrogens with two attached hydrogens (primary N) is 1. The fraction of sp³-hybridized carbons (Fsp3) is 0.542. The Balaban J connectivity index is 2.81. The Morgan fingerprint density at radius 1 is 1.31 bits per heavy atom. The zero-order valence-corrected chi connectivity index (χ0v) is 19.9. The lowest BCUT2D eigenvalue weighted by molar-refractivity contribution is -0.118. The molecule has 0 saturated carbocycles. The van der Waals surface area contributed by atoms with Crippen LogP contribution in [0.5, 0.6) is 11.5 Å². The molecule has 0 spiro atoms. The van der Waals surface area contributed by atoms with E-state index in [1.54, 1.807) is 0 Å². The molecule has 1 amide bonds. The summed E-state index contributed by atoms with van der Waals surface area (Å²) >= 11 is 0. The lowest BCUT2D eigenvalue weighted by Gasteiger charge is -2.32. The Hall–Kier alpha value is -2.32. The summed E-state index contributed by atoms with van der Waals surface area (Å²) in [6, 6.07) is 1.36. The molecule has 0 fully saturated rings. The highest BCUT2D eigenvalue weighted by Crippen LogP contribution is 2.49. The number of aliphatic hydroxyl groups excluding tert-OH is 1. The first-order valence-electron chi connectivity index (χ1n) is 11.0. The molecule has 7 nitrogen and oxygen atoms in total. The molecule has 0 bridgehead atoms. The number of carbonyl (C=O) groups excluding carboxylic acids is 1. The zero-order valence-electron chi connectivity index (χ0n) is 19.1. The molecule has 1 aromatic carbocycles. The van der Waals surface area contributed by atoms with Crippen LogP contribution in [0.25, 0.3) is 0 Å². The lowest BCUT2D eigenvalue weighted by Crippen LogP contribution is -2.39. The van der Waals surface area contributed by atoms with Crippen molar-refractivity contribution in [3.8, 4) is 11.5 Å². The molecule has 8 heteroatoms. The molecule has 3 unspecified atom stereocenters. The predicted octanol–water partition coefficient (Wildman–Crippen LogP) is 3.47. The van der Waals surface area contributed by atoms with E-state index >= 15 is 0 Å². The monoisotopic (exact) mass is 465 g/mol. The minimum absolute atomic E-state index is 0.0935. The summed E-state index contributed by atoms with van der Waals surface area (Å²) < 4.78 is 26.7. The number of sulfone groups is 1. The van der Waals surface area contributed by atoms with Gasteiger partial charge in [-0.15, -0.1) is 0 Å². The molecule has 0 saturated heterocycles. The van der Waals surface area contributed by atoms with E-state index < -0.39 is 44.2 Å². The fourth-order valence-corrected chi connectivity index (χ4v) is 6.18. The number of allylic oxidation sites excluding steroid dienone is 3. The van der Waals surface area contributed by atoms with Crippen LogP contribution in [0.3, 0.4) is 0 Å². The quantitative estimate of drug-likeness (QED) is 0.308. The second-order valence-electron chi connectivity index (χ2n) is 8.75. The third kappa shape index (κ3) is 5.18. The van der Waals surface area contributed by atoms with Crippen LogP contribution in [-0.2, 0) is 21.1 Å². The van der Waals surface area contributed by atoms with Crippen molar-refractivity contribution >= 4 is 15.7 Å². The summed E-state index contributed by atoms with van der Waals surface area (Å²) in [5, 5.41) is 29.9. The molecular formula is C24H35NO6S. The highest BCUT2D eigenvalue weighted by molar-refractivity contribution is 7.93. The van der Waals surface area contributed by atoms with Crippen molar-refractivity contribution in [3.63, 3.8) is 0 Å².